The standard InChI is InChI=1S/C41H26N4S/c1-3-13-27(14-4-1)34-26-35(28-15-5-2-6-16-28)43-40(42-34)29-23-24-38(32(25-29)41-44-33-19-9-12-22-39(33)46-41)45-36-20-10-7-17-30(36)31-18-8-11-21-37(31)45/h1-26H. The smallest absolute Gasteiger partial charge is 0.160 e. The summed E-state index contributed by atoms with van der Waals surface area (Å²) in [5.74, 6) is 0.677. The maximum absolute atomic E-state index is 5.14. The monoisotopic (exact) mass is 606 g/mol. The first kappa shape index (κ1) is 26.5. The molecular weight excluding hydrogens is 581 g/mol. The van der Waals surface area contributed by atoms with Gasteiger partial charge in [-0.25, -0.2) is 15.0 Å². The van der Waals surface area contributed by atoms with Gasteiger partial charge in [0.2, 0.25) is 0 Å². The van der Waals surface area contributed by atoms with E-state index in [0.29, 0.717) is 5.82 Å². The third-order valence-corrected chi connectivity index (χ3v) is 9.53. The van der Waals surface area contributed by atoms with Crippen molar-refractivity contribution in [3.8, 4) is 50.2 Å². The summed E-state index contributed by atoms with van der Waals surface area (Å²) in [6.45, 7) is 0. The molecule has 0 aliphatic heterocycles. The van der Waals surface area contributed by atoms with Crippen LogP contribution in [-0.2, 0) is 0 Å². The van der Waals surface area contributed by atoms with Crippen molar-refractivity contribution < 1.29 is 0 Å². The molecule has 0 aliphatic rings. The van der Waals surface area contributed by atoms with Gasteiger partial charge < -0.3 is 4.57 Å². The van der Waals surface area contributed by atoms with Crippen molar-refractivity contribution in [3.63, 3.8) is 0 Å². The molecule has 0 atom stereocenters. The van der Waals surface area contributed by atoms with Crippen molar-refractivity contribution in [2.24, 2.45) is 0 Å². The zero-order chi connectivity index (χ0) is 30.5. The predicted molar refractivity (Wildman–Crippen MR) is 191 cm³/mol. The highest BCUT2D eigenvalue weighted by atomic mass is 32.1. The Morgan fingerprint density at radius 1 is 0.457 bits per heavy atom. The Hall–Kier alpha value is -5.91. The molecule has 4 nitrogen and oxygen atoms in total. The minimum atomic E-state index is 0.677. The van der Waals surface area contributed by atoms with E-state index in [0.717, 1.165) is 65.6 Å². The van der Waals surface area contributed by atoms with Gasteiger partial charge in [0.05, 0.1) is 38.3 Å². The van der Waals surface area contributed by atoms with Crippen LogP contribution in [0.4, 0.5) is 0 Å². The largest absolute Gasteiger partial charge is 0.309 e. The Bertz CT molecular complexity index is 2390. The van der Waals surface area contributed by atoms with Gasteiger partial charge in [-0.15, -0.1) is 11.3 Å². The number of rotatable bonds is 5. The van der Waals surface area contributed by atoms with Crippen LogP contribution in [0, 0.1) is 0 Å². The highest BCUT2D eigenvalue weighted by Crippen LogP contribution is 2.40. The summed E-state index contributed by atoms with van der Waals surface area (Å²) in [5, 5.41) is 3.41. The molecule has 0 fully saturated rings. The molecule has 3 aromatic heterocycles. The van der Waals surface area contributed by atoms with E-state index in [-0.39, 0.29) is 0 Å². The maximum Gasteiger partial charge on any atom is 0.160 e. The van der Waals surface area contributed by atoms with Crippen LogP contribution >= 0.6 is 11.3 Å². The molecule has 0 radical (unpaired) electrons. The summed E-state index contributed by atoms with van der Waals surface area (Å²) < 4.78 is 3.52. The molecule has 0 spiro atoms. The zero-order valence-electron chi connectivity index (χ0n) is 24.7. The zero-order valence-corrected chi connectivity index (χ0v) is 25.5. The second-order valence-electron chi connectivity index (χ2n) is 11.3. The van der Waals surface area contributed by atoms with Crippen LogP contribution < -0.4 is 0 Å². The molecule has 6 aromatic carbocycles. The van der Waals surface area contributed by atoms with Gasteiger partial charge >= 0.3 is 0 Å². The first-order valence-electron chi connectivity index (χ1n) is 15.3. The van der Waals surface area contributed by atoms with Gasteiger partial charge in [-0.05, 0) is 48.5 Å². The van der Waals surface area contributed by atoms with E-state index >= 15 is 0 Å². The fourth-order valence-corrected chi connectivity index (χ4v) is 7.29. The van der Waals surface area contributed by atoms with Crippen molar-refractivity contribution in [2.75, 3.05) is 0 Å². The molecule has 0 N–H and O–H groups in total. The Labute approximate surface area is 269 Å². The summed E-state index contributed by atoms with van der Waals surface area (Å²) in [5.41, 5.74) is 10.2. The van der Waals surface area contributed by atoms with Gasteiger partial charge in [-0.3, -0.25) is 0 Å². The van der Waals surface area contributed by atoms with Crippen LogP contribution in [0.2, 0.25) is 0 Å². The molecule has 3 heterocycles. The topological polar surface area (TPSA) is 43.6 Å². The summed E-state index contributed by atoms with van der Waals surface area (Å²) >= 11 is 1.71. The molecule has 0 bridgehead atoms. The van der Waals surface area contributed by atoms with Crippen LogP contribution in [0.15, 0.2) is 158 Å². The third kappa shape index (κ3) is 4.48. The SMILES string of the molecule is c1ccc(-c2cc(-c3ccccc3)nc(-c3ccc(-n4c5ccccc5c5ccccc54)c(-c4nc5ccccc5s4)c3)n2)cc1. The average Bonchev–Trinajstić information content (AvgIpc) is 3.72. The first-order valence-corrected chi connectivity index (χ1v) is 16.1. The van der Waals surface area contributed by atoms with E-state index in [1.54, 1.807) is 11.3 Å². The quantitative estimate of drug-likeness (QED) is 0.196. The summed E-state index contributed by atoms with van der Waals surface area (Å²) in [6.07, 6.45) is 0. The third-order valence-electron chi connectivity index (χ3n) is 8.47. The van der Waals surface area contributed by atoms with E-state index in [4.69, 9.17) is 15.0 Å². The Kier molecular flexibility index (Phi) is 6.28. The molecule has 0 unspecified atom stereocenters. The van der Waals surface area contributed by atoms with Crippen molar-refractivity contribution in [2.45, 2.75) is 0 Å². The molecule has 0 saturated carbocycles. The van der Waals surface area contributed by atoms with Crippen molar-refractivity contribution >= 4 is 43.4 Å². The number of fused-ring (bicyclic) bond motifs is 4. The highest BCUT2D eigenvalue weighted by Gasteiger charge is 2.20. The molecule has 216 valence electrons. The Balaban J connectivity index is 1.32. The minimum absolute atomic E-state index is 0.677. The van der Waals surface area contributed by atoms with E-state index in [9.17, 15) is 0 Å². The molecule has 46 heavy (non-hydrogen) atoms. The van der Waals surface area contributed by atoms with Gasteiger partial charge in [0.1, 0.15) is 5.01 Å². The summed E-state index contributed by atoms with van der Waals surface area (Å²) in [7, 11) is 0. The van der Waals surface area contributed by atoms with Crippen LogP contribution in [-0.4, -0.2) is 19.5 Å². The Morgan fingerprint density at radius 3 is 1.65 bits per heavy atom. The fourth-order valence-electron chi connectivity index (χ4n) is 6.30. The molecule has 9 aromatic rings. The van der Waals surface area contributed by atoms with Crippen molar-refractivity contribution in [3.05, 3.63) is 158 Å². The second-order valence-corrected chi connectivity index (χ2v) is 12.3. The van der Waals surface area contributed by atoms with Crippen LogP contribution in [0.1, 0.15) is 0 Å². The highest BCUT2D eigenvalue weighted by molar-refractivity contribution is 7.21. The lowest BCUT2D eigenvalue weighted by atomic mass is 10.0. The van der Waals surface area contributed by atoms with Crippen LogP contribution in [0.25, 0.3) is 82.2 Å². The number of nitrogens with zero attached hydrogens (tertiary/aromatic N) is 4. The fraction of sp³-hybridized carbons (Fsp3) is 0. The number of para-hydroxylation sites is 3. The van der Waals surface area contributed by atoms with Gasteiger partial charge in [0, 0.05) is 33.0 Å². The predicted octanol–water partition coefficient (Wildman–Crippen LogP) is 10.9. The lowest BCUT2D eigenvalue weighted by Gasteiger charge is -2.15. The van der Waals surface area contributed by atoms with E-state index < -0.39 is 0 Å². The number of hydrogen-bond acceptors (Lipinski definition) is 4. The lowest BCUT2D eigenvalue weighted by molar-refractivity contribution is 1.16. The number of hydrogen-bond donors (Lipinski definition) is 0. The molecule has 5 heteroatoms. The van der Waals surface area contributed by atoms with Gasteiger partial charge in [-0.1, -0.05) is 109 Å². The Morgan fingerprint density at radius 2 is 1.02 bits per heavy atom. The molecule has 9 rings (SSSR count). The number of aromatic nitrogens is 4. The molecule has 0 saturated heterocycles. The van der Waals surface area contributed by atoms with Crippen LogP contribution in [0.3, 0.4) is 0 Å². The average molecular weight is 607 g/mol. The van der Waals surface area contributed by atoms with E-state index in [1.807, 2.05) is 42.5 Å². The van der Waals surface area contributed by atoms with E-state index in [1.165, 1.54) is 10.8 Å². The second kappa shape index (κ2) is 10.9. The first-order chi connectivity index (χ1) is 22.8. The van der Waals surface area contributed by atoms with E-state index in [2.05, 4.69) is 120 Å². The minimum Gasteiger partial charge on any atom is -0.309 e. The van der Waals surface area contributed by atoms with Gasteiger partial charge in [-0.2, -0.15) is 0 Å². The summed E-state index contributed by atoms with van der Waals surface area (Å²) in [4.78, 5) is 15.4. The maximum atomic E-state index is 5.14. The molecule has 0 aliphatic carbocycles. The van der Waals surface area contributed by atoms with Crippen LogP contribution in [0.5, 0.6) is 0 Å². The normalized spacial score (nSPS) is 11.5. The van der Waals surface area contributed by atoms with Gasteiger partial charge in [0.25, 0.3) is 0 Å². The number of benzene rings is 6. The van der Waals surface area contributed by atoms with Crippen molar-refractivity contribution in [1.82, 2.24) is 19.5 Å². The molecular formula is C41H26N4S. The number of thiazole rings is 1. The lowest BCUT2D eigenvalue weighted by Crippen LogP contribution is -2.00. The molecule has 0 amide bonds. The van der Waals surface area contributed by atoms with Gasteiger partial charge in [0.15, 0.2) is 5.82 Å². The van der Waals surface area contributed by atoms with Crippen molar-refractivity contribution in [1.29, 1.82) is 0 Å². The summed E-state index contributed by atoms with van der Waals surface area (Å²) in [6, 6.07) is 54.9.